The number of hydrogen-bond donors (Lipinski definition) is 0. The molecule has 4 heterocycles. The Balaban J connectivity index is 1.30. The standard InChI is InChI=1S/C23H19FN4S/c24-20-6-2-1-5-19(20)22-8-7-18(29-22)15-28-11-9-21-17(14-28)13-26-23(27-21)16-4-3-10-25-12-16/h1-8,10,12-13H,9,11,14-15H2. The minimum Gasteiger partial charge on any atom is -0.293 e. The highest BCUT2D eigenvalue weighted by Gasteiger charge is 2.20. The Labute approximate surface area is 172 Å². The van der Waals surface area contributed by atoms with Crippen LogP contribution in [0.5, 0.6) is 0 Å². The normalized spacial score (nSPS) is 14.0. The maximum atomic E-state index is 14.0. The smallest absolute Gasteiger partial charge is 0.160 e. The van der Waals surface area contributed by atoms with Gasteiger partial charge in [-0.05, 0) is 30.3 Å². The maximum Gasteiger partial charge on any atom is 0.160 e. The number of fused-ring (bicyclic) bond motifs is 1. The lowest BCUT2D eigenvalue weighted by molar-refractivity contribution is 0.245. The molecule has 4 nitrogen and oxygen atoms in total. The Morgan fingerprint density at radius 3 is 2.83 bits per heavy atom. The summed E-state index contributed by atoms with van der Waals surface area (Å²) in [5, 5.41) is 0. The summed E-state index contributed by atoms with van der Waals surface area (Å²) in [5.41, 5.74) is 3.91. The number of halogens is 1. The number of hydrogen-bond acceptors (Lipinski definition) is 5. The second-order valence-corrected chi connectivity index (χ2v) is 8.28. The number of aromatic nitrogens is 3. The Morgan fingerprint density at radius 2 is 1.97 bits per heavy atom. The Kier molecular flexibility index (Phi) is 4.87. The molecule has 0 saturated carbocycles. The first-order valence-corrected chi connectivity index (χ1v) is 10.4. The first-order chi connectivity index (χ1) is 14.3. The lowest BCUT2D eigenvalue weighted by Gasteiger charge is -2.27. The highest BCUT2D eigenvalue weighted by Crippen LogP contribution is 2.31. The summed E-state index contributed by atoms with van der Waals surface area (Å²) in [6.07, 6.45) is 6.38. The van der Waals surface area contributed by atoms with Crippen LogP contribution in [0.1, 0.15) is 16.1 Å². The molecule has 1 aromatic carbocycles. The van der Waals surface area contributed by atoms with Crippen LogP contribution in [0.4, 0.5) is 4.39 Å². The predicted molar refractivity (Wildman–Crippen MR) is 113 cm³/mol. The van der Waals surface area contributed by atoms with Gasteiger partial charge in [0, 0.05) is 71.1 Å². The van der Waals surface area contributed by atoms with Gasteiger partial charge in [0.2, 0.25) is 0 Å². The van der Waals surface area contributed by atoms with E-state index in [1.54, 1.807) is 29.8 Å². The van der Waals surface area contributed by atoms with E-state index in [4.69, 9.17) is 4.98 Å². The van der Waals surface area contributed by atoms with Crippen molar-refractivity contribution in [1.29, 1.82) is 0 Å². The number of thiophene rings is 1. The molecule has 0 bridgehead atoms. The van der Waals surface area contributed by atoms with Crippen LogP contribution in [0, 0.1) is 5.82 Å². The molecule has 144 valence electrons. The average molecular weight is 402 g/mol. The molecular formula is C23H19FN4S. The average Bonchev–Trinajstić information content (AvgIpc) is 3.22. The highest BCUT2D eigenvalue weighted by molar-refractivity contribution is 7.15. The second kappa shape index (κ2) is 7.81. The van der Waals surface area contributed by atoms with Crippen LogP contribution in [0.25, 0.3) is 21.8 Å². The van der Waals surface area contributed by atoms with E-state index < -0.39 is 0 Å². The fraction of sp³-hybridized carbons (Fsp3) is 0.174. The zero-order chi connectivity index (χ0) is 19.6. The zero-order valence-corrected chi connectivity index (χ0v) is 16.6. The van der Waals surface area contributed by atoms with Gasteiger partial charge in [-0.15, -0.1) is 11.3 Å². The molecular weight excluding hydrogens is 383 g/mol. The third-order valence-electron chi connectivity index (χ3n) is 5.11. The molecule has 0 spiro atoms. The molecule has 1 aliphatic rings. The molecule has 0 amide bonds. The van der Waals surface area contributed by atoms with E-state index in [1.165, 1.54) is 16.5 Å². The monoisotopic (exact) mass is 402 g/mol. The largest absolute Gasteiger partial charge is 0.293 e. The molecule has 6 heteroatoms. The minimum absolute atomic E-state index is 0.172. The summed E-state index contributed by atoms with van der Waals surface area (Å²) >= 11 is 1.65. The van der Waals surface area contributed by atoms with Crippen molar-refractivity contribution in [3.8, 4) is 21.8 Å². The second-order valence-electron chi connectivity index (χ2n) is 7.11. The third-order valence-corrected chi connectivity index (χ3v) is 6.22. The van der Waals surface area contributed by atoms with Crippen LogP contribution >= 0.6 is 11.3 Å². The molecule has 0 radical (unpaired) electrons. The summed E-state index contributed by atoms with van der Waals surface area (Å²) in [6.45, 7) is 2.63. The number of nitrogens with zero attached hydrogens (tertiary/aromatic N) is 4. The van der Waals surface area contributed by atoms with Gasteiger partial charge in [0.15, 0.2) is 5.82 Å². The quantitative estimate of drug-likeness (QED) is 0.484. The van der Waals surface area contributed by atoms with Crippen LogP contribution in [0.2, 0.25) is 0 Å². The maximum absolute atomic E-state index is 14.0. The summed E-state index contributed by atoms with van der Waals surface area (Å²) in [7, 11) is 0. The van der Waals surface area contributed by atoms with Crippen molar-refractivity contribution in [2.75, 3.05) is 6.54 Å². The van der Waals surface area contributed by atoms with E-state index in [9.17, 15) is 4.39 Å². The third kappa shape index (κ3) is 3.81. The fourth-order valence-corrected chi connectivity index (χ4v) is 4.71. The zero-order valence-electron chi connectivity index (χ0n) is 15.8. The van der Waals surface area contributed by atoms with Crippen molar-refractivity contribution in [1.82, 2.24) is 19.9 Å². The molecule has 4 aromatic rings. The number of pyridine rings is 1. The molecule has 5 rings (SSSR count). The lowest BCUT2D eigenvalue weighted by atomic mass is 10.1. The Morgan fingerprint density at radius 1 is 1.03 bits per heavy atom. The van der Waals surface area contributed by atoms with E-state index in [-0.39, 0.29) is 5.82 Å². The van der Waals surface area contributed by atoms with Gasteiger partial charge in [-0.25, -0.2) is 14.4 Å². The van der Waals surface area contributed by atoms with Gasteiger partial charge in [-0.3, -0.25) is 9.88 Å². The van der Waals surface area contributed by atoms with Crippen LogP contribution in [0.3, 0.4) is 0 Å². The Hall–Kier alpha value is -2.96. The molecule has 0 aliphatic carbocycles. The summed E-state index contributed by atoms with van der Waals surface area (Å²) < 4.78 is 14.0. The first-order valence-electron chi connectivity index (χ1n) is 9.57. The van der Waals surface area contributed by atoms with Crippen molar-refractivity contribution in [2.45, 2.75) is 19.5 Å². The summed E-state index contributed by atoms with van der Waals surface area (Å²) in [4.78, 5) is 18.1. The van der Waals surface area contributed by atoms with Crippen molar-refractivity contribution < 1.29 is 4.39 Å². The first kappa shape index (κ1) is 18.1. The molecule has 1 aliphatic heterocycles. The van der Waals surface area contributed by atoms with Gasteiger partial charge >= 0.3 is 0 Å². The van der Waals surface area contributed by atoms with Gasteiger partial charge in [0.25, 0.3) is 0 Å². The summed E-state index contributed by atoms with van der Waals surface area (Å²) in [5.74, 6) is 0.562. The van der Waals surface area contributed by atoms with Crippen molar-refractivity contribution in [2.24, 2.45) is 0 Å². The molecule has 29 heavy (non-hydrogen) atoms. The van der Waals surface area contributed by atoms with Gasteiger partial charge in [-0.2, -0.15) is 0 Å². The van der Waals surface area contributed by atoms with Gasteiger partial charge in [0.1, 0.15) is 5.82 Å². The molecule has 0 saturated heterocycles. The van der Waals surface area contributed by atoms with Crippen LogP contribution in [0.15, 0.2) is 67.1 Å². The van der Waals surface area contributed by atoms with Crippen molar-refractivity contribution in [3.63, 3.8) is 0 Å². The number of rotatable bonds is 4. The van der Waals surface area contributed by atoms with E-state index in [0.29, 0.717) is 5.56 Å². The molecule has 0 N–H and O–H groups in total. The van der Waals surface area contributed by atoms with E-state index in [2.05, 4.69) is 20.9 Å². The molecule has 0 fully saturated rings. The molecule has 3 aromatic heterocycles. The summed E-state index contributed by atoms with van der Waals surface area (Å²) in [6, 6.07) is 14.9. The van der Waals surface area contributed by atoms with E-state index in [1.807, 2.05) is 36.5 Å². The predicted octanol–water partition coefficient (Wildman–Crippen LogP) is 4.96. The van der Waals surface area contributed by atoms with E-state index in [0.717, 1.165) is 48.0 Å². The highest BCUT2D eigenvalue weighted by atomic mass is 32.1. The van der Waals surface area contributed by atoms with Crippen LogP contribution in [-0.2, 0) is 19.5 Å². The topological polar surface area (TPSA) is 41.9 Å². The lowest BCUT2D eigenvalue weighted by Crippen LogP contribution is -2.30. The van der Waals surface area contributed by atoms with E-state index >= 15 is 0 Å². The van der Waals surface area contributed by atoms with Crippen molar-refractivity contribution >= 4 is 11.3 Å². The van der Waals surface area contributed by atoms with Gasteiger partial charge in [-0.1, -0.05) is 18.2 Å². The SMILES string of the molecule is Fc1ccccc1-c1ccc(CN2CCc3nc(-c4cccnc4)ncc3C2)s1. The fourth-order valence-electron chi connectivity index (χ4n) is 3.63. The molecule has 0 unspecified atom stereocenters. The van der Waals surface area contributed by atoms with Crippen molar-refractivity contribution in [3.05, 3.63) is 89.1 Å². The van der Waals surface area contributed by atoms with Crippen LogP contribution in [-0.4, -0.2) is 26.4 Å². The van der Waals surface area contributed by atoms with Gasteiger partial charge < -0.3 is 0 Å². The minimum atomic E-state index is -0.172. The van der Waals surface area contributed by atoms with Crippen LogP contribution < -0.4 is 0 Å². The molecule has 0 atom stereocenters. The Bertz CT molecular complexity index is 1140. The van der Waals surface area contributed by atoms with Gasteiger partial charge in [0.05, 0.1) is 5.69 Å². The number of benzene rings is 1.